The highest BCUT2D eigenvalue weighted by molar-refractivity contribution is 5.20. The van der Waals surface area contributed by atoms with Crippen molar-refractivity contribution in [2.24, 2.45) is 0 Å². The molecule has 0 saturated heterocycles. The number of hydrogen-bond acceptors (Lipinski definition) is 3. The standard InChI is InChI=1S/C15H19NO2/c1-16-14(10-12-8-9-18-11-12)15(17-2)13-6-4-3-5-7-13/h3-9,11,14-16H,10H2,1-2H3. The molecule has 96 valence electrons. The minimum atomic E-state index is 0.0334. The molecule has 0 saturated carbocycles. The van der Waals surface area contributed by atoms with Gasteiger partial charge in [0, 0.05) is 13.2 Å². The molecule has 0 bridgehead atoms. The maximum absolute atomic E-state index is 5.65. The van der Waals surface area contributed by atoms with Gasteiger partial charge in [-0.15, -0.1) is 0 Å². The quantitative estimate of drug-likeness (QED) is 0.849. The largest absolute Gasteiger partial charge is 0.472 e. The summed E-state index contributed by atoms with van der Waals surface area (Å²) in [4.78, 5) is 0. The third-order valence-electron chi connectivity index (χ3n) is 3.15. The monoisotopic (exact) mass is 245 g/mol. The van der Waals surface area contributed by atoms with E-state index in [1.807, 2.05) is 31.3 Å². The van der Waals surface area contributed by atoms with Crippen LogP contribution < -0.4 is 5.32 Å². The van der Waals surface area contributed by atoms with Crippen molar-refractivity contribution < 1.29 is 9.15 Å². The second-order valence-corrected chi connectivity index (χ2v) is 4.30. The summed E-state index contributed by atoms with van der Waals surface area (Å²) in [5, 5.41) is 3.32. The lowest BCUT2D eigenvalue weighted by Crippen LogP contribution is -2.35. The maximum atomic E-state index is 5.65. The predicted molar refractivity (Wildman–Crippen MR) is 71.5 cm³/mol. The van der Waals surface area contributed by atoms with Crippen molar-refractivity contribution >= 4 is 0 Å². The second kappa shape index (κ2) is 6.38. The van der Waals surface area contributed by atoms with Crippen molar-refractivity contribution in [3.05, 3.63) is 60.1 Å². The highest BCUT2D eigenvalue weighted by Gasteiger charge is 2.21. The van der Waals surface area contributed by atoms with Crippen LogP contribution in [0, 0.1) is 0 Å². The molecule has 2 aromatic rings. The van der Waals surface area contributed by atoms with E-state index in [4.69, 9.17) is 9.15 Å². The Bertz CT molecular complexity index is 439. The van der Waals surface area contributed by atoms with Gasteiger partial charge in [-0.1, -0.05) is 30.3 Å². The Labute approximate surface area is 108 Å². The Balaban J connectivity index is 2.14. The molecule has 1 aromatic heterocycles. The number of methoxy groups -OCH3 is 1. The van der Waals surface area contributed by atoms with Gasteiger partial charge in [-0.05, 0) is 30.7 Å². The second-order valence-electron chi connectivity index (χ2n) is 4.30. The van der Waals surface area contributed by atoms with Crippen LogP contribution in [0.5, 0.6) is 0 Å². The highest BCUT2D eigenvalue weighted by atomic mass is 16.5. The van der Waals surface area contributed by atoms with Gasteiger partial charge in [-0.2, -0.15) is 0 Å². The fourth-order valence-corrected chi connectivity index (χ4v) is 2.20. The van der Waals surface area contributed by atoms with Crippen molar-refractivity contribution in [3.8, 4) is 0 Å². The van der Waals surface area contributed by atoms with E-state index in [2.05, 4.69) is 17.4 Å². The van der Waals surface area contributed by atoms with Crippen LogP contribution in [-0.2, 0) is 11.2 Å². The molecule has 0 aliphatic rings. The summed E-state index contributed by atoms with van der Waals surface area (Å²) in [5.74, 6) is 0. The summed E-state index contributed by atoms with van der Waals surface area (Å²) in [7, 11) is 3.71. The first-order valence-corrected chi connectivity index (χ1v) is 6.11. The first kappa shape index (κ1) is 12.9. The number of benzene rings is 1. The number of rotatable bonds is 6. The molecule has 0 aliphatic carbocycles. The van der Waals surface area contributed by atoms with Crippen LogP contribution in [0.15, 0.2) is 53.3 Å². The first-order chi connectivity index (χ1) is 8.85. The molecule has 0 spiro atoms. The van der Waals surface area contributed by atoms with Crippen LogP contribution in [0.2, 0.25) is 0 Å². The summed E-state index contributed by atoms with van der Waals surface area (Å²) in [6.45, 7) is 0. The molecule has 0 aliphatic heterocycles. The summed E-state index contributed by atoms with van der Waals surface area (Å²) < 4.78 is 10.8. The smallest absolute Gasteiger partial charge is 0.0977 e. The summed E-state index contributed by atoms with van der Waals surface area (Å²) in [6.07, 6.45) is 4.39. The predicted octanol–water partition coefficient (Wildman–Crippen LogP) is 2.80. The van der Waals surface area contributed by atoms with Gasteiger partial charge < -0.3 is 14.5 Å². The van der Waals surface area contributed by atoms with Gasteiger partial charge in [0.1, 0.15) is 0 Å². The molecule has 2 atom stereocenters. The maximum Gasteiger partial charge on any atom is 0.0977 e. The van der Waals surface area contributed by atoms with Crippen LogP contribution in [0.3, 0.4) is 0 Å². The zero-order chi connectivity index (χ0) is 12.8. The minimum Gasteiger partial charge on any atom is -0.472 e. The third-order valence-corrected chi connectivity index (χ3v) is 3.15. The van der Waals surface area contributed by atoms with Crippen molar-refractivity contribution in [3.63, 3.8) is 0 Å². The fraction of sp³-hybridized carbons (Fsp3) is 0.333. The topological polar surface area (TPSA) is 34.4 Å². The number of nitrogens with one attached hydrogen (secondary N) is 1. The average molecular weight is 245 g/mol. The Morgan fingerprint density at radius 3 is 2.56 bits per heavy atom. The van der Waals surface area contributed by atoms with Crippen LogP contribution in [0.4, 0.5) is 0 Å². The molecule has 2 unspecified atom stereocenters. The number of furan rings is 1. The molecule has 0 fully saturated rings. The van der Waals surface area contributed by atoms with Crippen LogP contribution in [0.1, 0.15) is 17.2 Å². The Morgan fingerprint density at radius 2 is 2.00 bits per heavy atom. The lowest BCUT2D eigenvalue weighted by Gasteiger charge is -2.25. The molecule has 2 rings (SSSR count). The van der Waals surface area contributed by atoms with E-state index in [1.54, 1.807) is 19.6 Å². The molecule has 1 N–H and O–H groups in total. The number of likely N-dealkylation sites (N-methyl/N-ethyl adjacent to an activating group) is 1. The summed E-state index contributed by atoms with van der Waals surface area (Å²) in [6, 6.07) is 12.5. The van der Waals surface area contributed by atoms with E-state index in [1.165, 1.54) is 11.1 Å². The van der Waals surface area contributed by atoms with Crippen molar-refractivity contribution in [2.75, 3.05) is 14.2 Å². The number of hydrogen-bond donors (Lipinski definition) is 1. The third kappa shape index (κ3) is 3.00. The van der Waals surface area contributed by atoms with E-state index in [-0.39, 0.29) is 12.1 Å². The van der Waals surface area contributed by atoms with Crippen molar-refractivity contribution in [1.29, 1.82) is 0 Å². The van der Waals surface area contributed by atoms with Crippen LogP contribution in [0.25, 0.3) is 0 Å². The summed E-state index contributed by atoms with van der Waals surface area (Å²) >= 11 is 0. The van der Waals surface area contributed by atoms with E-state index in [0.29, 0.717) is 0 Å². The van der Waals surface area contributed by atoms with Gasteiger partial charge in [0.05, 0.1) is 18.6 Å². The molecule has 1 aromatic carbocycles. The molecule has 1 heterocycles. The average Bonchev–Trinajstić information content (AvgIpc) is 2.92. The molecule has 3 heteroatoms. The lowest BCUT2D eigenvalue weighted by atomic mass is 9.97. The SMILES string of the molecule is CNC(Cc1ccoc1)C(OC)c1ccccc1. The van der Waals surface area contributed by atoms with Crippen molar-refractivity contribution in [2.45, 2.75) is 18.6 Å². The Morgan fingerprint density at radius 1 is 1.22 bits per heavy atom. The van der Waals surface area contributed by atoms with Crippen LogP contribution >= 0.6 is 0 Å². The van der Waals surface area contributed by atoms with Gasteiger partial charge in [0.25, 0.3) is 0 Å². The Kier molecular flexibility index (Phi) is 4.56. The minimum absolute atomic E-state index is 0.0334. The van der Waals surface area contributed by atoms with Gasteiger partial charge >= 0.3 is 0 Å². The van der Waals surface area contributed by atoms with Gasteiger partial charge in [0.2, 0.25) is 0 Å². The lowest BCUT2D eigenvalue weighted by molar-refractivity contribution is 0.0703. The molecular formula is C15H19NO2. The zero-order valence-electron chi connectivity index (χ0n) is 10.8. The van der Waals surface area contributed by atoms with E-state index in [9.17, 15) is 0 Å². The Hall–Kier alpha value is -1.58. The van der Waals surface area contributed by atoms with E-state index >= 15 is 0 Å². The normalized spacial score (nSPS) is 14.3. The molecule has 0 amide bonds. The molecule has 0 radical (unpaired) electrons. The molecule has 3 nitrogen and oxygen atoms in total. The van der Waals surface area contributed by atoms with Crippen LogP contribution in [-0.4, -0.2) is 20.2 Å². The van der Waals surface area contributed by atoms with Gasteiger partial charge in [0.15, 0.2) is 0 Å². The summed E-state index contributed by atoms with van der Waals surface area (Å²) in [5.41, 5.74) is 2.36. The highest BCUT2D eigenvalue weighted by Crippen LogP contribution is 2.23. The van der Waals surface area contributed by atoms with E-state index < -0.39 is 0 Å². The first-order valence-electron chi connectivity index (χ1n) is 6.11. The number of ether oxygens (including phenoxy) is 1. The van der Waals surface area contributed by atoms with Gasteiger partial charge in [-0.3, -0.25) is 0 Å². The van der Waals surface area contributed by atoms with E-state index in [0.717, 1.165) is 6.42 Å². The molecule has 18 heavy (non-hydrogen) atoms. The zero-order valence-corrected chi connectivity index (χ0v) is 10.8. The molecular weight excluding hydrogens is 226 g/mol. The fourth-order valence-electron chi connectivity index (χ4n) is 2.20. The van der Waals surface area contributed by atoms with Crippen molar-refractivity contribution in [1.82, 2.24) is 5.32 Å². The van der Waals surface area contributed by atoms with Gasteiger partial charge in [-0.25, -0.2) is 0 Å².